The standard InChI is InChI=1S/C13H15BrIN3O/c1-2-16-7-3-4-12-17-18-13(19-12)10-8-9(14)5-6-11(10)15/h5-6,8,16H,2-4,7H2,1H3. The number of halogens is 2. The van der Waals surface area contributed by atoms with Gasteiger partial charge in [0.15, 0.2) is 0 Å². The van der Waals surface area contributed by atoms with E-state index < -0.39 is 0 Å². The predicted octanol–water partition coefficient (Wildman–Crippen LogP) is 3.65. The van der Waals surface area contributed by atoms with Gasteiger partial charge in [-0.15, -0.1) is 10.2 Å². The first kappa shape index (κ1) is 14.9. The maximum Gasteiger partial charge on any atom is 0.248 e. The van der Waals surface area contributed by atoms with E-state index in [1.54, 1.807) is 0 Å². The van der Waals surface area contributed by atoms with Crippen LogP contribution in [0.15, 0.2) is 27.1 Å². The summed E-state index contributed by atoms with van der Waals surface area (Å²) in [6.45, 7) is 4.06. The molecule has 0 fully saturated rings. The average Bonchev–Trinajstić information content (AvgIpc) is 2.86. The number of aromatic nitrogens is 2. The lowest BCUT2D eigenvalue weighted by Crippen LogP contribution is -2.14. The molecule has 0 bridgehead atoms. The van der Waals surface area contributed by atoms with Gasteiger partial charge in [0, 0.05) is 14.5 Å². The van der Waals surface area contributed by atoms with E-state index in [4.69, 9.17) is 4.42 Å². The first-order chi connectivity index (χ1) is 9.20. The Morgan fingerprint density at radius 3 is 3.00 bits per heavy atom. The van der Waals surface area contributed by atoms with Crippen LogP contribution in [0.2, 0.25) is 0 Å². The normalized spacial score (nSPS) is 10.9. The second kappa shape index (κ2) is 7.35. The van der Waals surface area contributed by atoms with Crippen molar-refractivity contribution in [2.24, 2.45) is 0 Å². The van der Waals surface area contributed by atoms with Gasteiger partial charge in [-0.25, -0.2) is 0 Å². The summed E-state index contributed by atoms with van der Waals surface area (Å²) in [6, 6.07) is 6.02. The molecule has 6 heteroatoms. The van der Waals surface area contributed by atoms with E-state index in [9.17, 15) is 0 Å². The average molecular weight is 436 g/mol. The second-order valence-corrected chi connectivity index (χ2v) is 6.16. The summed E-state index contributed by atoms with van der Waals surface area (Å²) >= 11 is 5.73. The molecule has 4 nitrogen and oxygen atoms in total. The van der Waals surface area contributed by atoms with Crippen molar-refractivity contribution >= 4 is 38.5 Å². The summed E-state index contributed by atoms with van der Waals surface area (Å²) in [7, 11) is 0. The van der Waals surface area contributed by atoms with Gasteiger partial charge in [0.25, 0.3) is 0 Å². The minimum absolute atomic E-state index is 0.587. The Morgan fingerprint density at radius 1 is 1.37 bits per heavy atom. The first-order valence-corrected chi connectivity index (χ1v) is 8.06. The summed E-state index contributed by atoms with van der Waals surface area (Å²) < 4.78 is 7.82. The van der Waals surface area contributed by atoms with Gasteiger partial charge in [0.1, 0.15) is 0 Å². The Hall–Kier alpha value is -0.470. The number of aryl methyl sites for hydroxylation is 1. The van der Waals surface area contributed by atoms with Crippen LogP contribution in [0.1, 0.15) is 19.2 Å². The van der Waals surface area contributed by atoms with Crippen LogP contribution >= 0.6 is 38.5 Å². The lowest BCUT2D eigenvalue weighted by atomic mass is 10.2. The highest BCUT2D eigenvalue weighted by Crippen LogP contribution is 2.27. The van der Waals surface area contributed by atoms with Gasteiger partial charge in [0.05, 0.1) is 5.56 Å². The first-order valence-electron chi connectivity index (χ1n) is 6.19. The van der Waals surface area contributed by atoms with Crippen LogP contribution in [-0.2, 0) is 6.42 Å². The Labute approximate surface area is 134 Å². The zero-order chi connectivity index (χ0) is 13.7. The maximum absolute atomic E-state index is 5.71. The third-order valence-corrected chi connectivity index (χ3v) is 4.05. The molecule has 0 aliphatic carbocycles. The lowest BCUT2D eigenvalue weighted by molar-refractivity contribution is 0.492. The monoisotopic (exact) mass is 435 g/mol. The fourth-order valence-corrected chi connectivity index (χ4v) is 2.59. The van der Waals surface area contributed by atoms with Gasteiger partial charge < -0.3 is 9.73 Å². The predicted molar refractivity (Wildman–Crippen MR) is 87.0 cm³/mol. The third kappa shape index (κ3) is 4.25. The van der Waals surface area contributed by atoms with E-state index in [1.807, 2.05) is 18.2 Å². The minimum atomic E-state index is 0.587. The summed E-state index contributed by atoms with van der Waals surface area (Å²) in [5.41, 5.74) is 0.973. The molecule has 0 spiro atoms. The molecule has 0 aliphatic heterocycles. The van der Waals surface area contributed by atoms with Crippen molar-refractivity contribution < 1.29 is 4.42 Å². The molecule has 0 saturated heterocycles. The van der Waals surface area contributed by atoms with E-state index >= 15 is 0 Å². The zero-order valence-electron chi connectivity index (χ0n) is 10.6. The van der Waals surface area contributed by atoms with Crippen LogP contribution < -0.4 is 5.32 Å². The highest BCUT2D eigenvalue weighted by molar-refractivity contribution is 14.1. The van der Waals surface area contributed by atoms with Crippen molar-refractivity contribution in [3.63, 3.8) is 0 Å². The highest BCUT2D eigenvalue weighted by Gasteiger charge is 2.11. The highest BCUT2D eigenvalue weighted by atomic mass is 127. The molecule has 0 unspecified atom stereocenters. The van der Waals surface area contributed by atoms with Crippen LogP contribution in [0.5, 0.6) is 0 Å². The SMILES string of the molecule is CCNCCCc1nnc(-c2cc(Br)ccc2I)o1. The van der Waals surface area contributed by atoms with E-state index in [1.165, 1.54) is 0 Å². The topological polar surface area (TPSA) is 51.0 Å². The van der Waals surface area contributed by atoms with Gasteiger partial charge in [0.2, 0.25) is 11.8 Å². The molecule has 0 radical (unpaired) electrons. The Morgan fingerprint density at radius 2 is 2.21 bits per heavy atom. The van der Waals surface area contributed by atoms with Crippen LogP contribution in [0, 0.1) is 3.57 Å². The van der Waals surface area contributed by atoms with Crippen LogP contribution in [-0.4, -0.2) is 23.3 Å². The molecule has 2 rings (SSSR count). The molecule has 1 aromatic carbocycles. The Kier molecular flexibility index (Phi) is 5.77. The Balaban J connectivity index is 2.06. The van der Waals surface area contributed by atoms with Crippen molar-refractivity contribution in [3.05, 3.63) is 32.1 Å². The molecule has 0 aliphatic rings. The van der Waals surface area contributed by atoms with Gasteiger partial charge in [-0.1, -0.05) is 22.9 Å². The number of hydrogen-bond acceptors (Lipinski definition) is 4. The molecule has 19 heavy (non-hydrogen) atoms. The number of nitrogens with one attached hydrogen (secondary N) is 1. The second-order valence-electron chi connectivity index (χ2n) is 4.08. The van der Waals surface area contributed by atoms with Gasteiger partial charge in [-0.2, -0.15) is 0 Å². The molecule has 2 aromatic rings. The number of nitrogens with zero attached hydrogens (tertiary/aromatic N) is 2. The Bertz CT molecular complexity index is 544. The van der Waals surface area contributed by atoms with E-state index in [0.29, 0.717) is 11.8 Å². The molecule has 1 heterocycles. The minimum Gasteiger partial charge on any atom is -0.421 e. The molecule has 0 atom stereocenters. The van der Waals surface area contributed by atoms with Crippen LogP contribution in [0.4, 0.5) is 0 Å². The van der Waals surface area contributed by atoms with E-state index in [0.717, 1.165) is 39.5 Å². The summed E-state index contributed by atoms with van der Waals surface area (Å²) in [5, 5.41) is 11.5. The van der Waals surface area contributed by atoms with Crippen molar-refractivity contribution in [2.75, 3.05) is 13.1 Å². The number of benzene rings is 1. The van der Waals surface area contributed by atoms with Crippen molar-refractivity contribution in [1.82, 2.24) is 15.5 Å². The molecule has 1 aromatic heterocycles. The molecule has 0 amide bonds. The third-order valence-electron chi connectivity index (χ3n) is 2.62. The summed E-state index contributed by atoms with van der Waals surface area (Å²) in [4.78, 5) is 0. The molecule has 102 valence electrons. The van der Waals surface area contributed by atoms with Crippen molar-refractivity contribution in [1.29, 1.82) is 0 Å². The molecule has 1 N–H and O–H groups in total. The number of hydrogen-bond donors (Lipinski definition) is 1. The maximum atomic E-state index is 5.71. The fourth-order valence-electron chi connectivity index (χ4n) is 1.67. The van der Waals surface area contributed by atoms with Crippen LogP contribution in [0.25, 0.3) is 11.5 Å². The smallest absolute Gasteiger partial charge is 0.248 e. The van der Waals surface area contributed by atoms with Gasteiger partial charge in [-0.3, -0.25) is 0 Å². The lowest BCUT2D eigenvalue weighted by Gasteiger charge is -2.00. The number of rotatable bonds is 6. The quantitative estimate of drug-likeness (QED) is 0.555. The van der Waals surface area contributed by atoms with E-state index in [-0.39, 0.29) is 0 Å². The molecular formula is C13H15BrIN3O. The van der Waals surface area contributed by atoms with Crippen LogP contribution in [0.3, 0.4) is 0 Å². The summed E-state index contributed by atoms with van der Waals surface area (Å²) in [5.74, 6) is 1.29. The fraction of sp³-hybridized carbons (Fsp3) is 0.385. The zero-order valence-corrected chi connectivity index (χ0v) is 14.4. The summed E-state index contributed by atoms with van der Waals surface area (Å²) in [6.07, 6.45) is 1.82. The molecular weight excluding hydrogens is 421 g/mol. The van der Waals surface area contributed by atoms with E-state index in [2.05, 4.69) is 61.0 Å². The largest absolute Gasteiger partial charge is 0.421 e. The van der Waals surface area contributed by atoms with Gasteiger partial charge >= 0.3 is 0 Å². The van der Waals surface area contributed by atoms with Crippen molar-refractivity contribution in [2.45, 2.75) is 19.8 Å². The molecule has 0 saturated carbocycles. The van der Waals surface area contributed by atoms with Gasteiger partial charge in [-0.05, 0) is 60.3 Å². The van der Waals surface area contributed by atoms with Crippen molar-refractivity contribution in [3.8, 4) is 11.5 Å².